The molecule has 0 fully saturated rings. The Bertz CT molecular complexity index is 368. The maximum Gasteiger partial charge on any atom is 0.165 e. The molecule has 1 aromatic rings. The monoisotopic (exact) mass is 241 g/mol. The van der Waals surface area contributed by atoms with Gasteiger partial charge in [0, 0.05) is 12.7 Å². The lowest BCUT2D eigenvalue weighted by molar-refractivity contribution is 0.181. The lowest BCUT2D eigenvalue weighted by Crippen LogP contribution is -2.18. The van der Waals surface area contributed by atoms with Crippen LogP contribution in [-0.2, 0) is 11.3 Å². The molecule has 0 spiro atoms. The Morgan fingerprint density at radius 2 is 1.94 bits per heavy atom. The summed E-state index contributed by atoms with van der Waals surface area (Å²) in [5.41, 5.74) is 7.48. The van der Waals surface area contributed by atoms with Crippen LogP contribution in [0, 0.1) is 0 Å². The third-order valence-corrected chi connectivity index (χ3v) is 2.54. The van der Waals surface area contributed by atoms with Crippen molar-refractivity contribution < 1.29 is 19.3 Å². The molecule has 0 aliphatic carbocycles. The molecule has 96 valence electrons. The molecule has 1 unspecified atom stereocenters. The minimum Gasteiger partial charge on any atom is -0.493 e. The molecule has 0 amide bonds. The van der Waals surface area contributed by atoms with Crippen molar-refractivity contribution in [2.24, 2.45) is 5.73 Å². The molecular formula is C12H19NO4. The lowest BCUT2D eigenvalue weighted by Gasteiger charge is -2.20. The lowest BCUT2D eigenvalue weighted by atomic mass is 9.99. The molecule has 5 heteroatoms. The maximum atomic E-state index is 9.20. The van der Waals surface area contributed by atoms with Crippen LogP contribution in [0.5, 0.6) is 11.5 Å². The van der Waals surface area contributed by atoms with Gasteiger partial charge in [-0.3, -0.25) is 0 Å². The number of hydrogen-bond acceptors (Lipinski definition) is 5. The van der Waals surface area contributed by atoms with E-state index in [4.69, 9.17) is 19.9 Å². The van der Waals surface area contributed by atoms with Crippen molar-refractivity contribution in [3.63, 3.8) is 0 Å². The van der Waals surface area contributed by atoms with Crippen LogP contribution in [0.2, 0.25) is 0 Å². The van der Waals surface area contributed by atoms with Crippen LogP contribution in [-0.4, -0.2) is 33.0 Å². The van der Waals surface area contributed by atoms with Crippen molar-refractivity contribution in [2.75, 3.05) is 27.9 Å². The smallest absolute Gasteiger partial charge is 0.165 e. The maximum absolute atomic E-state index is 9.20. The number of benzene rings is 1. The molecule has 1 atom stereocenters. The molecular weight excluding hydrogens is 222 g/mol. The van der Waals surface area contributed by atoms with E-state index in [1.165, 1.54) is 0 Å². The molecule has 17 heavy (non-hydrogen) atoms. The second-order valence-corrected chi connectivity index (χ2v) is 3.60. The number of aliphatic hydroxyl groups is 1. The van der Waals surface area contributed by atoms with Crippen molar-refractivity contribution in [3.8, 4) is 11.5 Å². The first-order chi connectivity index (χ1) is 8.19. The largest absolute Gasteiger partial charge is 0.493 e. The molecule has 3 N–H and O–H groups in total. The highest BCUT2D eigenvalue weighted by Crippen LogP contribution is 2.36. The highest BCUT2D eigenvalue weighted by molar-refractivity contribution is 5.52. The van der Waals surface area contributed by atoms with E-state index in [2.05, 4.69) is 0 Å². The van der Waals surface area contributed by atoms with E-state index in [9.17, 15) is 5.11 Å². The number of hydrogen-bond donors (Lipinski definition) is 2. The van der Waals surface area contributed by atoms with Crippen molar-refractivity contribution in [3.05, 3.63) is 23.3 Å². The van der Waals surface area contributed by atoms with E-state index in [1.807, 2.05) is 6.07 Å². The Labute approximate surface area is 101 Å². The zero-order valence-electron chi connectivity index (χ0n) is 10.4. The van der Waals surface area contributed by atoms with Gasteiger partial charge >= 0.3 is 0 Å². The quantitative estimate of drug-likeness (QED) is 0.772. The number of aliphatic hydroxyl groups excluding tert-OH is 1. The van der Waals surface area contributed by atoms with Gasteiger partial charge in [-0.25, -0.2) is 0 Å². The van der Waals surface area contributed by atoms with Gasteiger partial charge in [-0.15, -0.1) is 0 Å². The minimum atomic E-state index is -0.523. The van der Waals surface area contributed by atoms with E-state index < -0.39 is 6.04 Å². The van der Waals surface area contributed by atoms with Gasteiger partial charge in [0.1, 0.15) is 0 Å². The predicted molar refractivity (Wildman–Crippen MR) is 64.3 cm³/mol. The summed E-state index contributed by atoms with van der Waals surface area (Å²) >= 11 is 0. The summed E-state index contributed by atoms with van der Waals surface area (Å²) in [5, 5.41) is 9.20. The summed E-state index contributed by atoms with van der Waals surface area (Å²) in [5.74, 6) is 1.13. The molecule has 0 radical (unpaired) electrons. The molecule has 0 aliphatic heterocycles. The second-order valence-electron chi connectivity index (χ2n) is 3.60. The van der Waals surface area contributed by atoms with Gasteiger partial charge in [-0.2, -0.15) is 0 Å². The molecule has 5 nitrogen and oxygen atoms in total. The van der Waals surface area contributed by atoms with E-state index in [1.54, 1.807) is 27.4 Å². The van der Waals surface area contributed by atoms with Crippen LogP contribution >= 0.6 is 0 Å². The van der Waals surface area contributed by atoms with Crippen molar-refractivity contribution >= 4 is 0 Å². The summed E-state index contributed by atoms with van der Waals surface area (Å²) < 4.78 is 15.6. The molecule has 0 saturated heterocycles. The Morgan fingerprint density at radius 3 is 2.41 bits per heavy atom. The molecule has 1 aromatic carbocycles. The van der Waals surface area contributed by atoms with E-state index >= 15 is 0 Å². The SMILES string of the molecule is COCc1ccc(OC)c(OC)c1C(N)CO. The van der Waals surface area contributed by atoms with Gasteiger partial charge in [0.2, 0.25) is 0 Å². The van der Waals surface area contributed by atoms with Crippen molar-refractivity contribution in [1.82, 2.24) is 0 Å². The summed E-state index contributed by atoms with van der Waals surface area (Å²) in [4.78, 5) is 0. The Balaban J connectivity index is 3.33. The van der Waals surface area contributed by atoms with Gasteiger partial charge in [0.15, 0.2) is 11.5 Å². The Hall–Kier alpha value is -1.30. The summed E-state index contributed by atoms with van der Waals surface area (Å²) in [6.07, 6.45) is 0. The fraction of sp³-hybridized carbons (Fsp3) is 0.500. The summed E-state index contributed by atoms with van der Waals surface area (Å²) in [6, 6.07) is 3.13. The fourth-order valence-electron chi connectivity index (χ4n) is 1.77. The Kier molecular flexibility index (Phi) is 5.21. The topological polar surface area (TPSA) is 73.9 Å². The van der Waals surface area contributed by atoms with Crippen LogP contribution in [0.1, 0.15) is 17.2 Å². The van der Waals surface area contributed by atoms with Gasteiger partial charge in [-0.05, 0) is 11.6 Å². The van der Waals surface area contributed by atoms with Crippen LogP contribution in [0.25, 0.3) is 0 Å². The highest BCUT2D eigenvalue weighted by atomic mass is 16.5. The molecule has 0 bridgehead atoms. The van der Waals surface area contributed by atoms with Crippen LogP contribution < -0.4 is 15.2 Å². The number of ether oxygens (including phenoxy) is 3. The summed E-state index contributed by atoms with van der Waals surface area (Å²) in [6.45, 7) is 0.240. The van der Waals surface area contributed by atoms with Gasteiger partial charge in [0.25, 0.3) is 0 Å². The molecule has 0 aliphatic rings. The van der Waals surface area contributed by atoms with E-state index in [-0.39, 0.29) is 6.61 Å². The first kappa shape index (κ1) is 13.8. The van der Waals surface area contributed by atoms with E-state index in [0.29, 0.717) is 18.1 Å². The molecule has 0 heterocycles. The summed E-state index contributed by atoms with van der Waals surface area (Å²) in [7, 11) is 4.70. The zero-order valence-corrected chi connectivity index (χ0v) is 10.4. The van der Waals surface area contributed by atoms with Crippen LogP contribution in [0.15, 0.2) is 12.1 Å². The average Bonchev–Trinajstić information content (AvgIpc) is 2.37. The number of methoxy groups -OCH3 is 3. The number of rotatable bonds is 6. The van der Waals surface area contributed by atoms with Crippen molar-refractivity contribution in [2.45, 2.75) is 12.6 Å². The van der Waals surface area contributed by atoms with Crippen LogP contribution in [0.3, 0.4) is 0 Å². The first-order valence-corrected chi connectivity index (χ1v) is 5.28. The van der Waals surface area contributed by atoms with Crippen molar-refractivity contribution in [1.29, 1.82) is 0 Å². The molecule has 0 aromatic heterocycles. The predicted octanol–water partition coefficient (Wildman–Crippen LogP) is 0.842. The normalized spacial score (nSPS) is 12.3. The zero-order chi connectivity index (χ0) is 12.8. The van der Waals surface area contributed by atoms with E-state index in [0.717, 1.165) is 11.1 Å². The van der Waals surface area contributed by atoms with Gasteiger partial charge in [-0.1, -0.05) is 6.07 Å². The minimum absolute atomic E-state index is 0.166. The highest BCUT2D eigenvalue weighted by Gasteiger charge is 2.19. The first-order valence-electron chi connectivity index (χ1n) is 5.28. The molecule has 0 saturated carbocycles. The van der Waals surface area contributed by atoms with Gasteiger partial charge in [0.05, 0.1) is 33.5 Å². The van der Waals surface area contributed by atoms with Crippen LogP contribution in [0.4, 0.5) is 0 Å². The molecule has 1 rings (SSSR count). The third-order valence-electron chi connectivity index (χ3n) is 2.54. The second kappa shape index (κ2) is 6.44. The van der Waals surface area contributed by atoms with Gasteiger partial charge < -0.3 is 25.1 Å². The number of nitrogens with two attached hydrogens (primary N) is 1. The average molecular weight is 241 g/mol. The standard InChI is InChI=1S/C12H19NO4/c1-15-7-8-4-5-10(16-2)12(17-3)11(8)9(13)6-14/h4-5,9,14H,6-7,13H2,1-3H3. The third kappa shape index (κ3) is 2.88. The fourth-order valence-corrected chi connectivity index (χ4v) is 1.77. The Morgan fingerprint density at radius 1 is 1.24 bits per heavy atom.